The lowest BCUT2D eigenvalue weighted by atomic mass is 10.1. The van der Waals surface area contributed by atoms with Crippen molar-refractivity contribution in [3.63, 3.8) is 0 Å². The first-order valence-electron chi connectivity index (χ1n) is 3.91. The normalized spacial score (nSPS) is 14.3. The van der Waals surface area contributed by atoms with Gasteiger partial charge in [-0.3, -0.25) is 4.79 Å². The summed E-state index contributed by atoms with van der Waals surface area (Å²) in [4.78, 5) is 11.2. The molecule has 0 rings (SSSR count). The van der Waals surface area contributed by atoms with Gasteiger partial charge in [-0.15, -0.1) is 0 Å². The summed E-state index contributed by atoms with van der Waals surface area (Å²) in [5.74, 6) is -0.00446. The van der Waals surface area contributed by atoms with E-state index in [1.54, 1.807) is 13.8 Å². The fourth-order valence-electron chi connectivity index (χ4n) is 0.502. The van der Waals surface area contributed by atoms with Gasteiger partial charge in [0.2, 0.25) is 5.91 Å². The van der Waals surface area contributed by atoms with Crippen LogP contribution in [0.25, 0.3) is 0 Å². The zero-order valence-electron chi connectivity index (χ0n) is 7.64. The summed E-state index contributed by atoms with van der Waals surface area (Å²) in [5.41, 5.74) is 0. The average molecular weight is 175 g/mol. The molecule has 3 heteroatoms. The van der Waals surface area contributed by atoms with Gasteiger partial charge in [0, 0.05) is 6.04 Å². The summed E-state index contributed by atoms with van der Waals surface area (Å²) in [5, 5.41) is 2.85. The molecule has 66 valence electrons. The van der Waals surface area contributed by atoms with Crippen LogP contribution in [-0.2, 0) is 4.79 Å². The van der Waals surface area contributed by atoms with Crippen molar-refractivity contribution in [2.75, 3.05) is 0 Å². The summed E-state index contributed by atoms with van der Waals surface area (Å²) in [7, 11) is 0. The lowest BCUT2D eigenvalue weighted by molar-refractivity contribution is -0.123. The molecular weight excluding hydrogens is 158 g/mol. The minimum Gasteiger partial charge on any atom is -0.352 e. The summed E-state index contributed by atoms with van der Waals surface area (Å²) in [6.45, 7) is 7.59. The zero-order valence-corrected chi connectivity index (χ0v) is 8.53. The molecule has 11 heavy (non-hydrogen) atoms. The molecule has 2 nitrogen and oxygen atoms in total. The van der Waals surface area contributed by atoms with E-state index < -0.39 is 4.75 Å². The van der Waals surface area contributed by atoms with Crippen molar-refractivity contribution in [2.24, 2.45) is 0 Å². The monoisotopic (exact) mass is 175 g/mol. The van der Waals surface area contributed by atoms with Gasteiger partial charge in [-0.05, 0) is 27.2 Å². The quantitative estimate of drug-likeness (QED) is 0.627. The van der Waals surface area contributed by atoms with E-state index in [1.807, 2.05) is 13.8 Å². The van der Waals surface area contributed by atoms with Crippen molar-refractivity contribution in [1.82, 2.24) is 5.32 Å². The molecule has 0 aromatic heterocycles. The van der Waals surface area contributed by atoms with Crippen molar-refractivity contribution in [3.05, 3.63) is 0 Å². The van der Waals surface area contributed by atoms with Crippen molar-refractivity contribution in [2.45, 2.75) is 44.9 Å². The minimum atomic E-state index is -0.566. The third-order valence-corrected chi connectivity index (χ3v) is 1.75. The second-order valence-corrected chi connectivity index (χ2v) is 4.46. The van der Waals surface area contributed by atoms with E-state index in [2.05, 4.69) is 17.9 Å². The molecule has 0 saturated carbocycles. The Bertz CT molecular complexity index is 140. The van der Waals surface area contributed by atoms with Crippen molar-refractivity contribution >= 4 is 18.5 Å². The Kier molecular flexibility index (Phi) is 3.93. The molecule has 0 spiro atoms. The molecule has 0 aromatic carbocycles. The van der Waals surface area contributed by atoms with Gasteiger partial charge >= 0.3 is 0 Å². The van der Waals surface area contributed by atoms with Crippen molar-refractivity contribution < 1.29 is 4.79 Å². The van der Waals surface area contributed by atoms with E-state index in [-0.39, 0.29) is 11.9 Å². The van der Waals surface area contributed by atoms with Crippen LogP contribution >= 0.6 is 12.6 Å². The lowest BCUT2D eigenvalue weighted by Gasteiger charge is -2.20. The molecule has 1 unspecified atom stereocenters. The third kappa shape index (κ3) is 4.30. The van der Waals surface area contributed by atoms with Gasteiger partial charge in [-0.25, -0.2) is 0 Å². The van der Waals surface area contributed by atoms with Crippen LogP contribution in [0.2, 0.25) is 0 Å². The topological polar surface area (TPSA) is 29.1 Å². The summed E-state index contributed by atoms with van der Waals surface area (Å²) in [6, 6.07) is 0.244. The minimum absolute atomic E-state index is 0.00446. The van der Waals surface area contributed by atoms with E-state index in [4.69, 9.17) is 0 Å². The molecule has 0 aromatic rings. The van der Waals surface area contributed by atoms with Crippen LogP contribution in [0, 0.1) is 0 Å². The van der Waals surface area contributed by atoms with E-state index in [9.17, 15) is 4.79 Å². The number of rotatable bonds is 3. The van der Waals surface area contributed by atoms with Crippen LogP contribution in [0.1, 0.15) is 34.1 Å². The Morgan fingerprint density at radius 3 is 2.36 bits per heavy atom. The first-order valence-corrected chi connectivity index (χ1v) is 4.36. The maximum Gasteiger partial charge on any atom is 0.235 e. The van der Waals surface area contributed by atoms with Gasteiger partial charge in [-0.2, -0.15) is 12.6 Å². The van der Waals surface area contributed by atoms with Crippen LogP contribution in [0.15, 0.2) is 0 Å². The Morgan fingerprint density at radius 1 is 1.64 bits per heavy atom. The molecule has 0 aliphatic carbocycles. The largest absolute Gasteiger partial charge is 0.352 e. The highest BCUT2D eigenvalue weighted by molar-refractivity contribution is 7.82. The van der Waals surface area contributed by atoms with E-state index in [1.165, 1.54) is 0 Å². The molecule has 0 aliphatic rings. The van der Waals surface area contributed by atoms with Crippen LogP contribution < -0.4 is 5.32 Å². The fraction of sp³-hybridized carbons (Fsp3) is 0.875. The highest BCUT2D eigenvalue weighted by Crippen LogP contribution is 2.11. The fourth-order valence-corrected chi connectivity index (χ4v) is 0.567. The Balaban J connectivity index is 3.88. The number of nitrogens with one attached hydrogen (secondary N) is 1. The number of hydrogen-bond donors (Lipinski definition) is 2. The Labute approximate surface area is 74.2 Å². The van der Waals surface area contributed by atoms with Crippen molar-refractivity contribution in [3.8, 4) is 0 Å². The zero-order chi connectivity index (χ0) is 9.07. The molecule has 0 heterocycles. The van der Waals surface area contributed by atoms with E-state index >= 15 is 0 Å². The van der Waals surface area contributed by atoms with Gasteiger partial charge in [0.15, 0.2) is 0 Å². The summed E-state index contributed by atoms with van der Waals surface area (Å²) in [6.07, 6.45) is 0.954. The summed E-state index contributed by atoms with van der Waals surface area (Å²) < 4.78 is -0.566. The van der Waals surface area contributed by atoms with Crippen LogP contribution in [-0.4, -0.2) is 16.7 Å². The number of carbonyl (C=O) groups is 1. The maximum atomic E-state index is 11.2. The lowest BCUT2D eigenvalue weighted by Crippen LogP contribution is -2.42. The van der Waals surface area contributed by atoms with Crippen LogP contribution in [0.4, 0.5) is 0 Å². The Hall–Kier alpha value is -0.180. The maximum absolute atomic E-state index is 11.2. The number of amides is 1. The first kappa shape index (κ1) is 10.8. The molecule has 0 saturated heterocycles. The van der Waals surface area contributed by atoms with Crippen LogP contribution in [0.5, 0.6) is 0 Å². The highest BCUT2D eigenvalue weighted by Gasteiger charge is 2.22. The molecule has 0 radical (unpaired) electrons. The SMILES string of the molecule is CCC(C)NC(=O)C(C)(C)S. The van der Waals surface area contributed by atoms with Gasteiger partial charge in [0.05, 0.1) is 4.75 Å². The highest BCUT2D eigenvalue weighted by atomic mass is 32.1. The molecule has 0 aliphatic heterocycles. The smallest absolute Gasteiger partial charge is 0.235 e. The van der Waals surface area contributed by atoms with Crippen LogP contribution in [0.3, 0.4) is 0 Å². The van der Waals surface area contributed by atoms with Gasteiger partial charge in [0.1, 0.15) is 0 Å². The average Bonchev–Trinajstić information content (AvgIpc) is 1.85. The van der Waals surface area contributed by atoms with Gasteiger partial charge < -0.3 is 5.32 Å². The molecule has 1 atom stereocenters. The number of hydrogen-bond acceptors (Lipinski definition) is 2. The molecule has 0 bridgehead atoms. The first-order chi connectivity index (χ1) is 4.88. The molecule has 0 fully saturated rings. The second-order valence-electron chi connectivity index (χ2n) is 3.34. The van der Waals surface area contributed by atoms with Crippen molar-refractivity contribution in [1.29, 1.82) is 0 Å². The Morgan fingerprint density at radius 2 is 2.09 bits per heavy atom. The predicted molar refractivity (Wildman–Crippen MR) is 51.0 cm³/mol. The molecule has 1 amide bonds. The molecular formula is C8H17NOS. The van der Waals surface area contributed by atoms with E-state index in [0.717, 1.165) is 6.42 Å². The van der Waals surface area contributed by atoms with Gasteiger partial charge in [-0.1, -0.05) is 6.92 Å². The number of thiol groups is 1. The van der Waals surface area contributed by atoms with Gasteiger partial charge in [0.25, 0.3) is 0 Å². The predicted octanol–water partition coefficient (Wildman–Crippen LogP) is 1.61. The van der Waals surface area contributed by atoms with E-state index in [0.29, 0.717) is 0 Å². The number of carbonyl (C=O) groups excluding carboxylic acids is 1. The molecule has 1 N–H and O–H groups in total. The third-order valence-electron chi connectivity index (χ3n) is 1.55. The standard InChI is InChI=1S/C8H17NOS/c1-5-6(2)9-7(10)8(3,4)11/h6,11H,5H2,1-4H3,(H,9,10). The second kappa shape index (κ2) is 4.00. The summed E-state index contributed by atoms with van der Waals surface area (Å²) >= 11 is 4.15.